The molecule has 0 heterocycles. The van der Waals surface area contributed by atoms with Crippen molar-refractivity contribution in [3.8, 4) is 0 Å². The van der Waals surface area contributed by atoms with Crippen molar-refractivity contribution in [3.05, 3.63) is 34.3 Å². The molecule has 1 unspecified atom stereocenters. The van der Waals surface area contributed by atoms with Crippen molar-refractivity contribution in [2.45, 2.75) is 19.8 Å². The van der Waals surface area contributed by atoms with Crippen LogP contribution < -0.4 is 5.73 Å². The van der Waals surface area contributed by atoms with Gasteiger partial charge in [-0.2, -0.15) is 0 Å². The first kappa shape index (κ1) is 14.7. The second-order valence-electron chi connectivity index (χ2n) is 3.90. The van der Waals surface area contributed by atoms with E-state index in [1.807, 2.05) is 19.9 Å². The molecule has 0 fully saturated rings. The van der Waals surface area contributed by atoms with Crippen molar-refractivity contribution in [3.63, 3.8) is 0 Å². The number of primary amides is 1. The van der Waals surface area contributed by atoms with Gasteiger partial charge in [-0.15, -0.1) is 0 Å². The number of nitrogens with zero attached hydrogens (tertiary/aromatic N) is 1. The van der Waals surface area contributed by atoms with Crippen molar-refractivity contribution >= 4 is 27.7 Å². The first-order chi connectivity index (χ1) is 8.51. The summed E-state index contributed by atoms with van der Waals surface area (Å²) in [7, 11) is 0. The van der Waals surface area contributed by atoms with Crippen LogP contribution in [0.3, 0.4) is 0 Å². The molecular weight excluding hydrogens is 296 g/mol. The Kier molecular flexibility index (Phi) is 5.34. The lowest BCUT2D eigenvalue weighted by atomic mass is 9.97. The van der Waals surface area contributed by atoms with Crippen molar-refractivity contribution < 1.29 is 9.59 Å². The molecule has 1 aromatic carbocycles. The summed E-state index contributed by atoms with van der Waals surface area (Å²) >= 11 is 3.32. The van der Waals surface area contributed by atoms with Gasteiger partial charge >= 0.3 is 0 Å². The van der Waals surface area contributed by atoms with Crippen LogP contribution in [0.15, 0.2) is 28.7 Å². The number of nitrogens with two attached hydrogens (primary N) is 1. The van der Waals surface area contributed by atoms with Crippen LogP contribution in [-0.2, 0) is 9.59 Å². The number of amides is 2. The van der Waals surface area contributed by atoms with Crippen molar-refractivity contribution in [2.75, 3.05) is 13.1 Å². The highest BCUT2D eigenvalue weighted by atomic mass is 79.9. The Hall–Kier alpha value is -1.36. The molecule has 18 heavy (non-hydrogen) atoms. The second kappa shape index (κ2) is 6.54. The molecule has 1 rings (SSSR count). The minimum absolute atomic E-state index is 0.245. The summed E-state index contributed by atoms with van der Waals surface area (Å²) < 4.78 is 0.818. The van der Waals surface area contributed by atoms with Crippen LogP contribution in [0, 0.1) is 0 Å². The molecule has 0 aliphatic carbocycles. The number of carbonyl (C=O) groups excluding carboxylic acids is 2. The van der Waals surface area contributed by atoms with Crippen molar-refractivity contribution in [1.82, 2.24) is 4.90 Å². The summed E-state index contributed by atoms with van der Waals surface area (Å²) in [6, 6.07) is 7.10. The van der Waals surface area contributed by atoms with Crippen LogP contribution in [-0.4, -0.2) is 29.8 Å². The molecule has 0 aromatic heterocycles. The van der Waals surface area contributed by atoms with Crippen LogP contribution >= 0.6 is 15.9 Å². The van der Waals surface area contributed by atoms with Gasteiger partial charge < -0.3 is 10.6 Å². The Labute approximate surface area is 115 Å². The molecule has 98 valence electrons. The molecule has 0 aliphatic rings. The summed E-state index contributed by atoms with van der Waals surface area (Å²) in [5.41, 5.74) is 5.98. The number of rotatable bonds is 5. The minimum atomic E-state index is -0.914. The van der Waals surface area contributed by atoms with E-state index in [9.17, 15) is 9.59 Å². The van der Waals surface area contributed by atoms with Gasteiger partial charge in [0, 0.05) is 17.6 Å². The predicted molar refractivity (Wildman–Crippen MR) is 74.0 cm³/mol. The van der Waals surface area contributed by atoms with Crippen molar-refractivity contribution in [1.29, 1.82) is 0 Å². The average molecular weight is 313 g/mol. The summed E-state index contributed by atoms with van der Waals surface area (Å²) in [5.74, 6) is -1.78. The van der Waals surface area contributed by atoms with Gasteiger partial charge in [0.25, 0.3) is 0 Å². The Morgan fingerprint density at radius 2 is 1.94 bits per heavy atom. The molecule has 0 bridgehead atoms. The van der Waals surface area contributed by atoms with E-state index in [2.05, 4.69) is 15.9 Å². The number of halogens is 1. The van der Waals surface area contributed by atoms with Crippen LogP contribution in [0.1, 0.15) is 25.3 Å². The SMILES string of the molecule is CCN(CC)C(=O)C(C(N)=O)c1cccc(Br)c1. The number of carbonyl (C=O) groups is 2. The molecule has 0 spiro atoms. The molecular formula is C13H17BrN2O2. The Balaban J connectivity index is 3.11. The Morgan fingerprint density at radius 1 is 1.33 bits per heavy atom. The Bertz CT molecular complexity index is 444. The maximum absolute atomic E-state index is 12.3. The molecule has 1 atom stereocenters. The lowest BCUT2D eigenvalue weighted by Crippen LogP contribution is -2.40. The minimum Gasteiger partial charge on any atom is -0.369 e. The topological polar surface area (TPSA) is 63.4 Å². The van der Waals surface area contributed by atoms with Gasteiger partial charge in [0.05, 0.1) is 0 Å². The smallest absolute Gasteiger partial charge is 0.239 e. The molecule has 4 nitrogen and oxygen atoms in total. The number of likely N-dealkylation sites (N-methyl/N-ethyl adjacent to an activating group) is 1. The highest BCUT2D eigenvalue weighted by molar-refractivity contribution is 9.10. The number of hydrogen-bond acceptors (Lipinski definition) is 2. The van der Waals surface area contributed by atoms with Crippen LogP contribution in [0.4, 0.5) is 0 Å². The molecule has 2 amide bonds. The van der Waals surface area contributed by atoms with Crippen LogP contribution in [0.5, 0.6) is 0 Å². The van der Waals surface area contributed by atoms with Crippen LogP contribution in [0.2, 0.25) is 0 Å². The fourth-order valence-corrected chi connectivity index (χ4v) is 2.25. The fraction of sp³-hybridized carbons (Fsp3) is 0.385. The van der Waals surface area contributed by atoms with E-state index in [1.54, 1.807) is 23.1 Å². The van der Waals surface area contributed by atoms with E-state index in [1.165, 1.54) is 0 Å². The quantitative estimate of drug-likeness (QED) is 0.844. The molecule has 0 radical (unpaired) electrons. The van der Waals surface area contributed by atoms with E-state index in [-0.39, 0.29) is 5.91 Å². The van der Waals surface area contributed by atoms with Gasteiger partial charge in [-0.1, -0.05) is 28.1 Å². The van der Waals surface area contributed by atoms with E-state index >= 15 is 0 Å². The standard InChI is InChI=1S/C13H17BrN2O2/c1-3-16(4-2)13(18)11(12(15)17)9-6-5-7-10(14)8-9/h5-8,11H,3-4H2,1-2H3,(H2,15,17). The number of hydrogen-bond donors (Lipinski definition) is 1. The van der Waals surface area contributed by atoms with E-state index < -0.39 is 11.8 Å². The van der Waals surface area contributed by atoms with Gasteiger partial charge in [0.15, 0.2) is 0 Å². The molecule has 5 heteroatoms. The summed E-state index contributed by atoms with van der Waals surface area (Å²) in [5, 5.41) is 0. The fourth-order valence-electron chi connectivity index (χ4n) is 1.83. The zero-order valence-corrected chi connectivity index (χ0v) is 12.1. The van der Waals surface area contributed by atoms with E-state index in [0.717, 1.165) is 4.47 Å². The van der Waals surface area contributed by atoms with Gasteiger partial charge in [0.1, 0.15) is 5.92 Å². The zero-order valence-electron chi connectivity index (χ0n) is 10.5. The van der Waals surface area contributed by atoms with Gasteiger partial charge in [-0.05, 0) is 31.5 Å². The van der Waals surface area contributed by atoms with Gasteiger partial charge in [-0.3, -0.25) is 9.59 Å². The maximum atomic E-state index is 12.3. The highest BCUT2D eigenvalue weighted by Crippen LogP contribution is 2.22. The monoisotopic (exact) mass is 312 g/mol. The lowest BCUT2D eigenvalue weighted by molar-refractivity contribution is -0.137. The second-order valence-corrected chi connectivity index (χ2v) is 4.82. The molecule has 0 aliphatic heterocycles. The van der Waals surface area contributed by atoms with E-state index in [0.29, 0.717) is 18.7 Å². The third-order valence-electron chi connectivity index (χ3n) is 2.79. The van der Waals surface area contributed by atoms with Gasteiger partial charge in [0.2, 0.25) is 11.8 Å². The average Bonchev–Trinajstić information content (AvgIpc) is 2.30. The summed E-state index contributed by atoms with van der Waals surface area (Å²) in [6.07, 6.45) is 0. The number of benzene rings is 1. The predicted octanol–water partition coefficient (Wildman–Crippen LogP) is 1.89. The maximum Gasteiger partial charge on any atom is 0.239 e. The highest BCUT2D eigenvalue weighted by Gasteiger charge is 2.29. The lowest BCUT2D eigenvalue weighted by Gasteiger charge is -2.23. The first-order valence-electron chi connectivity index (χ1n) is 5.84. The Morgan fingerprint density at radius 3 is 2.39 bits per heavy atom. The third kappa shape index (κ3) is 3.32. The van der Waals surface area contributed by atoms with Gasteiger partial charge in [-0.25, -0.2) is 0 Å². The summed E-state index contributed by atoms with van der Waals surface area (Å²) in [4.78, 5) is 25.4. The van der Waals surface area contributed by atoms with Crippen LogP contribution in [0.25, 0.3) is 0 Å². The zero-order chi connectivity index (χ0) is 13.7. The molecule has 2 N–H and O–H groups in total. The molecule has 0 saturated heterocycles. The third-order valence-corrected chi connectivity index (χ3v) is 3.28. The van der Waals surface area contributed by atoms with Crippen molar-refractivity contribution in [2.24, 2.45) is 5.73 Å². The molecule has 1 aromatic rings. The summed E-state index contributed by atoms with van der Waals surface area (Å²) in [6.45, 7) is 4.88. The first-order valence-corrected chi connectivity index (χ1v) is 6.64. The largest absolute Gasteiger partial charge is 0.369 e. The van der Waals surface area contributed by atoms with E-state index in [4.69, 9.17) is 5.73 Å². The normalized spacial score (nSPS) is 11.9. The molecule has 0 saturated carbocycles.